The number of benzene rings is 1. The van der Waals surface area contributed by atoms with Crippen LogP contribution in [-0.4, -0.2) is 30.1 Å². The van der Waals surface area contributed by atoms with Crippen LogP contribution in [0, 0.1) is 0 Å². The van der Waals surface area contributed by atoms with E-state index in [1.54, 1.807) is 23.1 Å². The molecule has 2 N–H and O–H groups in total. The van der Waals surface area contributed by atoms with Gasteiger partial charge in [-0.05, 0) is 40.2 Å². The van der Waals surface area contributed by atoms with Gasteiger partial charge in [-0.1, -0.05) is 18.2 Å². The summed E-state index contributed by atoms with van der Waals surface area (Å²) >= 11 is 3.33. The molecule has 9 heteroatoms. The summed E-state index contributed by atoms with van der Waals surface area (Å²) in [6, 6.07) is 10.4. The molecule has 0 saturated carbocycles. The molecule has 2 heterocycles. The van der Waals surface area contributed by atoms with E-state index in [0.29, 0.717) is 18.8 Å². The molecule has 0 radical (unpaired) electrons. The third-order valence-corrected chi connectivity index (χ3v) is 4.38. The highest BCUT2D eigenvalue weighted by molar-refractivity contribution is 9.10. The van der Waals surface area contributed by atoms with Crippen molar-refractivity contribution in [1.29, 1.82) is 0 Å². The molecule has 1 aromatic carbocycles. The van der Waals surface area contributed by atoms with Gasteiger partial charge in [0.2, 0.25) is 0 Å². The van der Waals surface area contributed by atoms with E-state index < -0.39 is 11.9 Å². The smallest absolute Gasteiger partial charge is 0.352 e. The first kappa shape index (κ1) is 17.5. The molecule has 0 bridgehead atoms. The van der Waals surface area contributed by atoms with Gasteiger partial charge < -0.3 is 15.5 Å². The molecular formula is C16H14BrF3N4O. The standard InChI is InChI=1S/C16H14BrF3N4O/c17-11-4-1-2-5-12(11)22-15(25)21-10-8-24(9-10)14-7-3-6-13(23-14)16(18,19)20/h1-7,10H,8-9H2,(H2,21,22,25). The molecular weight excluding hydrogens is 401 g/mol. The van der Waals surface area contributed by atoms with E-state index in [1.807, 2.05) is 6.07 Å². The summed E-state index contributed by atoms with van der Waals surface area (Å²) in [5.41, 5.74) is -0.288. The van der Waals surface area contributed by atoms with Crippen molar-refractivity contribution in [1.82, 2.24) is 10.3 Å². The molecule has 0 aliphatic carbocycles. The number of para-hydroxylation sites is 1. The molecule has 1 saturated heterocycles. The number of nitrogens with one attached hydrogen (secondary N) is 2. The zero-order chi connectivity index (χ0) is 18.0. The van der Waals surface area contributed by atoms with Crippen molar-refractivity contribution in [2.45, 2.75) is 12.2 Å². The number of rotatable bonds is 3. The van der Waals surface area contributed by atoms with Crippen LogP contribution in [0.1, 0.15) is 5.69 Å². The summed E-state index contributed by atoms with van der Waals surface area (Å²) in [6.07, 6.45) is -4.47. The van der Waals surface area contributed by atoms with Gasteiger partial charge in [-0.2, -0.15) is 13.2 Å². The Morgan fingerprint density at radius 3 is 2.56 bits per heavy atom. The normalized spacial score (nSPS) is 14.8. The molecule has 2 aromatic rings. The van der Waals surface area contributed by atoms with Crippen molar-refractivity contribution in [3.8, 4) is 0 Å². The highest BCUT2D eigenvalue weighted by Crippen LogP contribution is 2.29. The lowest BCUT2D eigenvalue weighted by Crippen LogP contribution is -2.60. The summed E-state index contributed by atoms with van der Waals surface area (Å²) in [4.78, 5) is 17.3. The fraction of sp³-hybridized carbons (Fsp3) is 0.250. The average molecular weight is 415 g/mol. The lowest BCUT2D eigenvalue weighted by molar-refractivity contribution is -0.141. The zero-order valence-corrected chi connectivity index (χ0v) is 14.4. The molecule has 3 rings (SSSR count). The molecule has 5 nitrogen and oxygen atoms in total. The van der Waals surface area contributed by atoms with Crippen molar-refractivity contribution in [3.05, 3.63) is 52.6 Å². The maximum Gasteiger partial charge on any atom is 0.433 e. The Labute approximate surface area is 150 Å². The predicted molar refractivity (Wildman–Crippen MR) is 91.5 cm³/mol. The van der Waals surface area contributed by atoms with E-state index in [1.165, 1.54) is 12.1 Å². The lowest BCUT2D eigenvalue weighted by atomic mass is 10.1. The fourth-order valence-electron chi connectivity index (χ4n) is 2.42. The van der Waals surface area contributed by atoms with Crippen LogP contribution in [0.5, 0.6) is 0 Å². The number of pyridine rings is 1. The van der Waals surface area contributed by atoms with E-state index >= 15 is 0 Å². The van der Waals surface area contributed by atoms with Crippen molar-refractivity contribution in [2.24, 2.45) is 0 Å². The van der Waals surface area contributed by atoms with Crippen LogP contribution in [0.2, 0.25) is 0 Å². The second-order valence-electron chi connectivity index (χ2n) is 5.56. The van der Waals surface area contributed by atoms with Crippen LogP contribution in [0.25, 0.3) is 0 Å². The van der Waals surface area contributed by atoms with E-state index in [4.69, 9.17) is 0 Å². The molecule has 1 aliphatic heterocycles. The van der Waals surface area contributed by atoms with Crippen molar-refractivity contribution < 1.29 is 18.0 Å². The number of urea groups is 1. The van der Waals surface area contributed by atoms with Crippen molar-refractivity contribution in [3.63, 3.8) is 0 Å². The molecule has 132 valence electrons. The van der Waals surface area contributed by atoms with Crippen LogP contribution < -0.4 is 15.5 Å². The Bertz CT molecular complexity index is 778. The summed E-state index contributed by atoms with van der Waals surface area (Å²) in [6.45, 7) is 0.801. The van der Waals surface area contributed by atoms with Gasteiger partial charge >= 0.3 is 12.2 Å². The Morgan fingerprint density at radius 2 is 1.88 bits per heavy atom. The first-order chi connectivity index (χ1) is 11.8. The second-order valence-corrected chi connectivity index (χ2v) is 6.41. The number of amides is 2. The minimum Gasteiger partial charge on any atom is -0.352 e. The van der Waals surface area contributed by atoms with Gasteiger partial charge in [0.15, 0.2) is 0 Å². The Balaban J connectivity index is 1.53. The summed E-state index contributed by atoms with van der Waals surface area (Å²) in [5, 5.41) is 5.49. The maximum atomic E-state index is 12.7. The van der Waals surface area contributed by atoms with Crippen LogP contribution in [-0.2, 0) is 6.18 Å². The number of hydrogen-bond donors (Lipinski definition) is 2. The first-order valence-electron chi connectivity index (χ1n) is 7.44. The van der Waals surface area contributed by atoms with Crippen molar-refractivity contribution in [2.75, 3.05) is 23.3 Å². The van der Waals surface area contributed by atoms with Gasteiger partial charge in [-0.15, -0.1) is 0 Å². The molecule has 2 amide bonds. The van der Waals surface area contributed by atoms with Gasteiger partial charge in [0.25, 0.3) is 0 Å². The van der Waals surface area contributed by atoms with Gasteiger partial charge in [-0.25, -0.2) is 9.78 Å². The molecule has 0 atom stereocenters. The highest BCUT2D eigenvalue weighted by atomic mass is 79.9. The quantitative estimate of drug-likeness (QED) is 0.801. The Morgan fingerprint density at radius 1 is 1.16 bits per heavy atom. The highest BCUT2D eigenvalue weighted by Gasteiger charge is 2.34. The predicted octanol–water partition coefficient (Wildman–Crippen LogP) is 3.87. The Hall–Kier alpha value is -2.29. The monoisotopic (exact) mass is 414 g/mol. The van der Waals surface area contributed by atoms with E-state index in [-0.39, 0.29) is 17.9 Å². The molecule has 0 spiro atoms. The molecule has 1 aliphatic rings. The van der Waals surface area contributed by atoms with Crippen LogP contribution in [0.3, 0.4) is 0 Å². The fourth-order valence-corrected chi connectivity index (χ4v) is 2.80. The number of aromatic nitrogens is 1. The largest absolute Gasteiger partial charge is 0.433 e. The summed E-state index contributed by atoms with van der Waals surface area (Å²) in [7, 11) is 0. The minimum absolute atomic E-state index is 0.154. The molecule has 0 unspecified atom stereocenters. The minimum atomic E-state index is -4.47. The second kappa shape index (κ2) is 6.91. The van der Waals surface area contributed by atoms with Gasteiger partial charge in [0.1, 0.15) is 11.5 Å². The van der Waals surface area contributed by atoms with E-state index in [0.717, 1.165) is 10.5 Å². The van der Waals surface area contributed by atoms with Gasteiger partial charge in [0, 0.05) is 17.6 Å². The number of nitrogens with zero attached hydrogens (tertiary/aromatic N) is 2. The number of alkyl halides is 3. The lowest BCUT2D eigenvalue weighted by Gasteiger charge is -2.40. The van der Waals surface area contributed by atoms with Gasteiger partial charge in [-0.3, -0.25) is 0 Å². The third-order valence-electron chi connectivity index (χ3n) is 3.69. The molecule has 1 aromatic heterocycles. The van der Waals surface area contributed by atoms with Gasteiger partial charge in [0.05, 0.1) is 11.7 Å². The van der Waals surface area contributed by atoms with Crippen LogP contribution >= 0.6 is 15.9 Å². The average Bonchev–Trinajstić information content (AvgIpc) is 2.52. The Kier molecular flexibility index (Phi) is 4.85. The number of carbonyl (C=O) groups is 1. The number of hydrogen-bond acceptors (Lipinski definition) is 3. The van der Waals surface area contributed by atoms with E-state index in [2.05, 4.69) is 31.5 Å². The zero-order valence-electron chi connectivity index (χ0n) is 12.8. The van der Waals surface area contributed by atoms with Crippen LogP contribution in [0.4, 0.5) is 29.5 Å². The maximum absolute atomic E-state index is 12.7. The van der Waals surface area contributed by atoms with Crippen molar-refractivity contribution >= 4 is 33.5 Å². The SMILES string of the molecule is O=C(Nc1ccccc1Br)NC1CN(c2cccc(C(F)(F)F)n2)C1. The summed E-state index contributed by atoms with van der Waals surface area (Å²) < 4.78 is 38.8. The third kappa shape index (κ3) is 4.22. The number of carbonyl (C=O) groups excluding carboxylic acids is 1. The molecule has 25 heavy (non-hydrogen) atoms. The molecule has 1 fully saturated rings. The van der Waals surface area contributed by atoms with Crippen LogP contribution in [0.15, 0.2) is 46.9 Å². The number of anilines is 2. The van der Waals surface area contributed by atoms with E-state index in [9.17, 15) is 18.0 Å². The number of halogens is 4. The summed E-state index contributed by atoms with van der Waals surface area (Å²) in [5.74, 6) is 0.249. The first-order valence-corrected chi connectivity index (χ1v) is 8.23. The topological polar surface area (TPSA) is 57.3 Å².